The Morgan fingerprint density at radius 3 is 2.30 bits per heavy atom. The maximum Gasteiger partial charge on any atom is 0.142 e. The molecule has 4 rings (SSSR count). The average Bonchev–Trinajstić information content (AvgIpc) is 3.44. The number of hydrogen-bond acceptors (Lipinski definition) is 5. The van der Waals surface area contributed by atoms with Crippen molar-refractivity contribution in [2.45, 2.75) is 71.3 Å². The van der Waals surface area contributed by atoms with E-state index < -0.39 is 0 Å². The summed E-state index contributed by atoms with van der Waals surface area (Å²) in [4.78, 5) is 12.2. The van der Waals surface area contributed by atoms with Crippen LogP contribution in [0.1, 0.15) is 61.8 Å². The van der Waals surface area contributed by atoms with Crippen LogP contribution in [0, 0.1) is 0 Å². The molecule has 1 aliphatic heterocycles. The molecule has 0 radical (unpaired) electrons. The second kappa shape index (κ2) is 13.0. The Bertz CT molecular complexity index is 616. The number of carbonyl (C=O) groups is 1. The van der Waals surface area contributed by atoms with E-state index in [2.05, 4.69) is 36.0 Å². The van der Waals surface area contributed by atoms with Crippen LogP contribution in [0.3, 0.4) is 0 Å². The van der Waals surface area contributed by atoms with E-state index in [0.29, 0.717) is 6.04 Å². The van der Waals surface area contributed by atoms with Gasteiger partial charge in [-0.15, -0.1) is 12.8 Å². The summed E-state index contributed by atoms with van der Waals surface area (Å²) in [7, 11) is 2.09. The van der Waals surface area contributed by atoms with Crippen molar-refractivity contribution >= 4 is 24.8 Å². The number of allylic oxidation sites excluding steroid dienone is 1. The second-order valence-corrected chi connectivity index (χ2v) is 6.98. The summed E-state index contributed by atoms with van der Waals surface area (Å²) in [6, 6.07) is 2.73. The van der Waals surface area contributed by atoms with E-state index in [1.807, 2.05) is 19.9 Å². The maximum absolute atomic E-state index is 9.96. The van der Waals surface area contributed by atoms with Crippen LogP contribution in [-0.2, 0) is 30.5 Å². The van der Waals surface area contributed by atoms with Crippen molar-refractivity contribution in [3.05, 3.63) is 40.5 Å². The number of thiol groups is 1. The lowest BCUT2D eigenvalue weighted by atomic mass is 9.98. The number of rotatable bonds is 2. The first kappa shape index (κ1) is 23.7. The van der Waals surface area contributed by atoms with Crippen molar-refractivity contribution in [2.24, 2.45) is 5.14 Å². The van der Waals surface area contributed by atoms with E-state index in [1.54, 1.807) is 17.2 Å². The zero-order valence-corrected chi connectivity index (χ0v) is 18.1. The van der Waals surface area contributed by atoms with Crippen LogP contribution >= 0.6 is 12.8 Å². The molecule has 1 heterocycles. The van der Waals surface area contributed by atoms with E-state index in [0.717, 1.165) is 18.5 Å². The molecule has 2 aliphatic carbocycles. The highest BCUT2D eigenvalue weighted by Crippen LogP contribution is 2.36. The molecule has 5 heteroatoms. The minimum Gasteiger partial charge on any atom is -0.398 e. The van der Waals surface area contributed by atoms with Crippen LogP contribution in [0.5, 0.6) is 0 Å². The molecule has 1 saturated heterocycles. The summed E-state index contributed by atoms with van der Waals surface area (Å²) in [5.74, 6) is 0. The normalized spacial score (nSPS) is 19.8. The molecule has 0 spiro atoms. The van der Waals surface area contributed by atoms with E-state index in [9.17, 15) is 4.79 Å². The number of benzene rings is 1. The molecule has 4 N–H and O–H groups in total. The molecule has 1 atom stereocenters. The van der Waals surface area contributed by atoms with Gasteiger partial charge in [0.1, 0.15) is 6.29 Å². The summed E-state index contributed by atoms with van der Waals surface area (Å²) in [5, 5.41) is 4.19. The quantitative estimate of drug-likeness (QED) is 0.309. The molecule has 0 amide bonds. The lowest BCUT2D eigenvalue weighted by molar-refractivity contribution is -0.104. The fraction of sp³-hybridized carbons (Fsp3) is 0.591. The van der Waals surface area contributed by atoms with Gasteiger partial charge < -0.3 is 5.73 Å². The van der Waals surface area contributed by atoms with Crippen molar-refractivity contribution in [2.75, 3.05) is 19.3 Å². The highest BCUT2D eigenvalue weighted by molar-refractivity contribution is 7.77. The molecular weight excluding hydrogens is 354 g/mol. The topological polar surface area (TPSA) is 72.3 Å². The number of aldehydes is 1. The van der Waals surface area contributed by atoms with Gasteiger partial charge in [0.25, 0.3) is 0 Å². The number of nitrogens with zero attached hydrogens (tertiary/aromatic N) is 1. The van der Waals surface area contributed by atoms with Gasteiger partial charge in [-0.3, -0.25) is 14.8 Å². The number of carbonyl (C=O) groups excluding carboxylic acids is 1. The number of nitrogens with two attached hydrogens (primary N) is 2. The van der Waals surface area contributed by atoms with Crippen LogP contribution in [0.4, 0.5) is 5.69 Å². The zero-order chi connectivity index (χ0) is 20.2. The highest BCUT2D eigenvalue weighted by Gasteiger charge is 2.23. The van der Waals surface area contributed by atoms with Gasteiger partial charge in [-0.25, -0.2) is 0 Å². The first-order chi connectivity index (χ1) is 13.2. The van der Waals surface area contributed by atoms with Crippen LogP contribution in [-0.4, -0.2) is 30.8 Å². The van der Waals surface area contributed by atoms with Gasteiger partial charge in [-0.05, 0) is 99.4 Å². The SMILES string of the molecule is CC.CN1CCCC1/C=C/C=O.NS.Nc1cc2c(c3c1CCC3)CCC2. The summed E-state index contributed by atoms with van der Waals surface area (Å²) in [6.45, 7) is 5.16. The van der Waals surface area contributed by atoms with Crippen LogP contribution in [0.25, 0.3) is 0 Å². The Kier molecular flexibility index (Phi) is 11.4. The van der Waals surface area contributed by atoms with Gasteiger partial charge in [0.2, 0.25) is 0 Å². The number of anilines is 1. The first-order valence-electron chi connectivity index (χ1n) is 10.2. The third kappa shape index (κ3) is 6.37. The Hall–Kier alpha value is -1.30. The maximum atomic E-state index is 9.96. The van der Waals surface area contributed by atoms with Crippen molar-refractivity contribution < 1.29 is 4.79 Å². The lowest BCUT2D eigenvalue weighted by Gasteiger charge is -2.13. The Balaban J connectivity index is 0.000000235. The minimum absolute atomic E-state index is 0.505. The molecule has 3 aliphatic rings. The summed E-state index contributed by atoms with van der Waals surface area (Å²) in [6.07, 6.45) is 14.6. The smallest absolute Gasteiger partial charge is 0.142 e. The van der Waals surface area contributed by atoms with Crippen molar-refractivity contribution in [1.82, 2.24) is 4.90 Å². The summed E-state index contributed by atoms with van der Waals surface area (Å²) >= 11 is 3.03. The summed E-state index contributed by atoms with van der Waals surface area (Å²) < 4.78 is 0. The molecule has 4 nitrogen and oxygen atoms in total. The number of fused-ring (bicyclic) bond motifs is 3. The number of hydrogen-bond donors (Lipinski definition) is 3. The van der Waals surface area contributed by atoms with Gasteiger partial charge in [0.05, 0.1) is 0 Å². The van der Waals surface area contributed by atoms with E-state index >= 15 is 0 Å². The summed E-state index contributed by atoms with van der Waals surface area (Å²) in [5.41, 5.74) is 13.4. The Labute approximate surface area is 170 Å². The molecule has 27 heavy (non-hydrogen) atoms. The number of likely N-dealkylation sites (tertiary alicyclic amines) is 1. The standard InChI is InChI=1S/C12H15N.C8H13NO.C2H6.H3NS/c13-12-7-8-3-1-4-9(8)10-5-2-6-11(10)12;1-9-6-2-4-8(9)5-3-7-10;2*1-2/h7H,1-6,13H2;3,5,7-8H,2,4,6H2,1H3;1-2H3;2H,1H2/b;5-3+;;. The van der Waals surface area contributed by atoms with E-state index in [1.165, 1.54) is 62.5 Å². The van der Waals surface area contributed by atoms with Crippen molar-refractivity contribution in [3.8, 4) is 0 Å². The van der Waals surface area contributed by atoms with E-state index in [-0.39, 0.29) is 0 Å². The molecule has 0 bridgehead atoms. The molecular formula is C22H37N3OS. The Morgan fingerprint density at radius 2 is 1.67 bits per heavy atom. The lowest BCUT2D eigenvalue weighted by Crippen LogP contribution is -2.22. The molecule has 152 valence electrons. The van der Waals surface area contributed by atoms with Crippen molar-refractivity contribution in [1.29, 1.82) is 0 Å². The van der Waals surface area contributed by atoms with Gasteiger partial charge in [0, 0.05) is 11.7 Å². The molecule has 1 aromatic rings. The van der Waals surface area contributed by atoms with Gasteiger partial charge >= 0.3 is 0 Å². The molecule has 1 unspecified atom stereocenters. The monoisotopic (exact) mass is 391 g/mol. The molecule has 0 aromatic heterocycles. The number of aryl methyl sites for hydroxylation is 1. The van der Waals surface area contributed by atoms with Crippen LogP contribution in [0.2, 0.25) is 0 Å². The molecule has 1 fully saturated rings. The number of likely N-dealkylation sites (N-methyl/N-ethyl adjacent to an activating group) is 1. The fourth-order valence-electron chi connectivity index (χ4n) is 4.29. The fourth-order valence-corrected chi connectivity index (χ4v) is 4.29. The predicted molar refractivity (Wildman–Crippen MR) is 120 cm³/mol. The highest BCUT2D eigenvalue weighted by atomic mass is 32.1. The van der Waals surface area contributed by atoms with E-state index in [4.69, 9.17) is 5.73 Å². The predicted octanol–water partition coefficient (Wildman–Crippen LogP) is 3.90. The van der Waals surface area contributed by atoms with Crippen LogP contribution < -0.4 is 10.9 Å². The molecule has 1 aromatic carbocycles. The number of nitrogen functional groups attached to an aromatic ring is 1. The third-order valence-corrected chi connectivity index (χ3v) is 5.51. The van der Waals surface area contributed by atoms with Gasteiger partial charge in [-0.1, -0.05) is 19.9 Å². The largest absolute Gasteiger partial charge is 0.398 e. The van der Waals surface area contributed by atoms with Crippen molar-refractivity contribution in [3.63, 3.8) is 0 Å². The Morgan fingerprint density at radius 1 is 1.04 bits per heavy atom. The third-order valence-electron chi connectivity index (χ3n) is 5.51. The van der Waals surface area contributed by atoms with Gasteiger partial charge in [0.15, 0.2) is 0 Å². The molecule has 0 saturated carbocycles. The average molecular weight is 392 g/mol. The van der Waals surface area contributed by atoms with Gasteiger partial charge in [-0.2, -0.15) is 0 Å². The zero-order valence-electron chi connectivity index (χ0n) is 17.2. The first-order valence-corrected chi connectivity index (χ1v) is 10.7. The van der Waals surface area contributed by atoms with Crippen LogP contribution in [0.15, 0.2) is 18.2 Å². The minimum atomic E-state index is 0.505. The second-order valence-electron chi connectivity index (χ2n) is 6.98.